The van der Waals surface area contributed by atoms with Gasteiger partial charge in [-0.15, -0.1) is 0 Å². The van der Waals surface area contributed by atoms with Crippen LogP contribution >= 0.6 is 27.5 Å². The van der Waals surface area contributed by atoms with Crippen LogP contribution in [0.2, 0.25) is 5.15 Å². The van der Waals surface area contributed by atoms with Crippen molar-refractivity contribution in [1.29, 1.82) is 0 Å². The van der Waals surface area contributed by atoms with E-state index in [1.165, 1.54) is 13.2 Å². The van der Waals surface area contributed by atoms with E-state index in [4.69, 9.17) is 16.3 Å². The summed E-state index contributed by atoms with van der Waals surface area (Å²) in [6.07, 6.45) is 0. The van der Waals surface area contributed by atoms with Gasteiger partial charge in [-0.25, -0.2) is 19.3 Å². The number of benzene rings is 1. The molecule has 3 rings (SSSR count). The lowest BCUT2D eigenvalue weighted by molar-refractivity contribution is 0.387. The fourth-order valence-electron chi connectivity index (χ4n) is 2.29. The van der Waals surface area contributed by atoms with Crippen LogP contribution in [0.3, 0.4) is 0 Å². The molecule has 0 saturated carbocycles. The van der Waals surface area contributed by atoms with Crippen molar-refractivity contribution in [3.05, 3.63) is 51.2 Å². The Labute approximate surface area is 151 Å². The number of anilines is 1. The van der Waals surface area contributed by atoms with Crippen molar-refractivity contribution >= 4 is 44.3 Å². The van der Waals surface area contributed by atoms with E-state index in [1.807, 2.05) is 6.07 Å². The van der Waals surface area contributed by atoms with Crippen molar-refractivity contribution in [1.82, 2.24) is 15.0 Å². The normalized spacial score (nSPS) is 10.9. The van der Waals surface area contributed by atoms with Gasteiger partial charge in [-0.05, 0) is 41.1 Å². The molecule has 0 unspecified atom stereocenters. The molecule has 0 atom stereocenters. The van der Waals surface area contributed by atoms with Gasteiger partial charge >= 0.3 is 0 Å². The fraction of sp³-hybridized carbons (Fsp3) is 0.188. The molecular formula is C16H13BrClFN4O. The van der Waals surface area contributed by atoms with Gasteiger partial charge < -0.3 is 10.1 Å². The van der Waals surface area contributed by atoms with Gasteiger partial charge in [0.1, 0.15) is 16.8 Å². The summed E-state index contributed by atoms with van der Waals surface area (Å²) in [5, 5.41) is 4.27. The van der Waals surface area contributed by atoms with Crippen molar-refractivity contribution in [3.8, 4) is 5.75 Å². The van der Waals surface area contributed by atoms with Crippen LogP contribution in [0.1, 0.15) is 11.5 Å². The predicted molar refractivity (Wildman–Crippen MR) is 95.1 cm³/mol. The highest BCUT2D eigenvalue weighted by molar-refractivity contribution is 9.10. The molecule has 1 aromatic carbocycles. The molecule has 124 valence electrons. The largest absolute Gasteiger partial charge is 0.494 e. The zero-order valence-electron chi connectivity index (χ0n) is 12.9. The van der Waals surface area contributed by atoms with Crippen molar-refractivity contribution in [2.45, 2.75) is 13.5 Å². The summed E-state index contributed by atoms with van der Waals surface area (Å²) in [5.41, 5.74) is 1.24. The lowest BCUT2D eigenvalue weighted by Crippen LogP contribution is -2.06. The third kappa shape index (κ3) is 3.42. The molecule has 0 saturated heterocycles. The minimum atomic E-state index is -0.465. The van der Waals surface area contributed by atoms with E-state index in [9.17, 15) is 4.39 Å². The maximum absolute atomic E-state index is 13.9. The molecule has 0 radical (unpaired) electrons. The molecule has 0 amide bonds. The highest BCUT2D eigenvalue weighted by Crippen LogP contribution is 2.28. The Kier molecular flexibility index (Phi) is 4.82. The minimum Gasteiger partial charge on any atom is -0.494 e. The molecule has 0 spiro atoms. The molecule has 0 bridgehead atoms. The Morgan fingerprint density at radius 1 is 1.25 bits per heavy atom. The zero-order chi connectivity index (χ0) is 17.3. The number of methoxy groups -OCH3 is 1. The van der Waals surface area contributed by atoms with E-state index in [1.54, 1.807) is 19.1 Å². The van der Waals surface area contributed by atoms with Crippen molar-refractivity contribution in [3.63, 3.8) is 0 Å². The maximum Gasteiger partial charge on any atom is 0.167 e. The van der Waals surface area contributed by atoms with Gasteiger partial charge in [0.05, 0.1) is 24.9 Å². The first-order valence-corrected chi connectivity index (χ1v) is 8.21. The number of hydrogen-bond acceptors (Lipinski definition) is 5. The first kappa shape index (κ1) is 16.9. The van der Waals surface area contributed by atoms with Crippen LogP contribution in [0.5, 0.6) is 5.75 Å². The predicted octanol–water partition coefficient (Wildman–Crippen LogP) is 4.51. The number of aromatic nitrogens is 3. The molecule has 5 nitrogen and oxygen atoms in total. The molecule has 0 aliphatic heterocycles. The van der Waals surface area contributed by atoms with E-state index in [0.29, 0.717) is 34.2 Å². The van der Waals surface area contributed by atoms with E-state index < -0.39 is 5.82 Å². The smallest absolute Gasteiger partial charge is 0.167 e. The summed E-state index contributed by atoms with van der Waals surface area (Å²) in [6.45, 7) is 2.15. The molecule has 0 fully saturated rings. The third-order valence-electron chi connectivity index (χ3n) is 3.39. The SMILES string of the molecule is COc1cc2c(NCc3nc(Cl)ccc3Br)nc(C)nc2cc1F. The Bertz CT molecular complexity index is 922. The summed E-state index contributed by atoms with van der Waals surface area (Å²) in [5.74, 6) is 0.783. The van der Waals surface area contributed by atoms with Gasteiger partial charge in [-0.1, -0.05) is 11.6 Å². The monoisotopic (exact) mass is 410 g/mol. The van der Waals surface area contributed by atoms with Gasteiger partial charge in [0.2, 0.25) is 0 Å². The van der Waals surface area contributed by atoms with Crippen LogP contribution in [-0.4, -0.2) is 22.1 Å². The molecule has 2 aromatic heterocycles. The van der Waals surface area contributed by atoms with Crippen molar-refractivity contribution < 1.29 is 9.13 Å². The number of halogens is 3. The van der Waals surface area contributed by atoms with E-state index in [2.05, 4.69) is 36.2 Å². The second-order valence-electron chi connectivity index (χ2n) is 5.04. The summed E-state index contributed by atoms with van der Waals surface area (Å²) in [7, 11) is 1.42. The third-order valence-corrected chi connectivity index (χ3v) is 4.32. The lowest BCUT2D eigenvalue weighted by atomic mass is 10.2. The molecule has 0 aliphatic rings. The molecule has 3 aromatic rings. The molecule has 8 heteroatoms. The van der Waals surface area contributed by atoms with Crippen molar-refractivity contribution in [2.24, 2.45) is 0 Å². The summed E-state index contributed by atoms with van der Waals surface area (Å²) >= 11 is 9.37. The van der Waals surface area contributed by atoms with Crippen LogP contribution in [0, 0.1) is 12.7 Å². The fourth-order valence-corrected chi connectivity index (χ4v) is 2.81. The molecular weight excluding hydrogens is 399 g/mol. The second-order valence-corrected chi connectivity index (χ2v) is 6.28. The van der Waals surface area contributed by atoms with Crippen LogP contribution in [0.15, 0.2) is 28.7 Å². The highest BCUT2D eigenvalue weighted by atomic mass is 79.9. The van der Waals surface area contributed by atoms with E-state index >= 15 is 0 Å². The number of hydrogen-bond donors (Lipinski definition) is 1. The number of ether oxygens (including phenoxy) is 1. The zero-order valence-corrected chi connectivity index (χ0v) is 15.2. The Hall–Kier alpha value is -1.99. The second kappa shape index (κ2) is 6.86. The number of nitrogens with one attached hydrogen (secondary N) is 1. The van der Waals surface area contributed by atoms with Crippen LogP contribution < -0.4 is 10.1 Å². The van der Waals surface area contributed by atoms with E-state index in [-0.39, 0.29) is 5.75 Å². The number of pyridine rings is 1. The number of fused-ring (bicyclic) bond motifs is 1. The molecule has 1 N–H and O–H groups in total. The Morgan fingerprint density at radius 2 is 2.04 bits per heavy atom. The molecule has 0 aliphatic carbocycles. The number of aryl methyl sites for hydroxylation is 1. The van der Waals surface area contributed by atoms with Gasteiger partial charge in [-0.2, -0.15) is 0 Å². The average Bonchev–Trinajstić information content (AvgIpc) is 2.54. The first-order chi connectivity index (χ1) is 11.5. The van der Waals surface area contributed by atoms with Crippen molar-refractivity contribution in [2.75, 3.05) is 12.4 Å². The van der Waals surface area contributed by atoms with Gasteiger partial charge in [0.15, 0.2) is 11.6 Å². The molecule has 2 heterocycles. The van der Waals surface area contributed by atoms with Gasteiger partial charge in [-0.3, -0.25) is 0 Å². The number of rotatable bonds is 4. The maximum atomic E-state index is 13.9. The Morgan fingerprint density at radius 3 is 2.79 bits per heavy atom. The van der Waals surface area contributed by atoms with Crippen LogP contribution in [0.4, 0.5) is 10.2 Å². The quantitative estimate of drug-likeness (QED) is 0.640. The Balaban J connectivity index is 2.00. The standard InChI is InChI=1S/C16H13BrClFN4O/c1-8-21-12-6-11(19)14(24-2)5-9(12)16(22-8)20-7-13-10(17)3-4-15(18)23-13/h3-6H,7H2,1-2H3,(H,20,21,22). The topological polar surface area (TPSA) is 59.9 Å². The summed E-state index contributed by atoms with van der Waals surface area (Å²) in [6, 6.07) is 6.44. The van der Waals surface area contributed by atoms with Gasteiger partial charge in [0.25, 0.3) is 0 Å². The van der Waals surface area contributed by atoms with E-state index in [0.717, 1.165) is 10.2 Å². The lowest BCUT2D eigenvalue weighted by Gasteiger charge is -2.12. The number of nitrogens with zero attached hydrogens (tertiary/aromatic N) is 3. The van der Waals surface area contributed by atoms with Crippen LogP contribution in [0.25, 0.3) is 10.9 Å². The highest BCUT2D eigenvalue weighted by Gasteiger charge is 2.12. The summed E-state index contributed by atoms with van der Waals surface area (Å²) < 4.78 is 19.8. The minimum absolute atomic E-state index is 0.139. The van der Waals surface area contributed by atoms with Crippen LogP contribution in [-0.2, 0) is 6.54 Å². The average molecular weight is 412 g/mol. The summed E-state index contributed by atoms with van der Waals surface area (Å²) in [4.78, 5) is 12.9. The molecule has 24 heavy (non-hydrogen) atoms. The van der Waals surface area contributed by atoms with Gasteiger partial charge in [0, 0.05) is 15.9 Å². The first-order valence-electron chi connectivity index (χ1n) is 7.04.